The summed E-state index contributed by atoms with van der Waals surface area (Å²) in [7, 11) is 0. The van der Waals surface area contributed by atoms with Crippen LogP contribution in [0.3, 0.4) is 0 Å². The minimum atomic E-state index is 0. The molecule has 2 atom stereocenters. The smallest absolute Gasteiger partial charge is 0.00461 e. The number of halogens is 1. The van der Waals surface area contributed by atoms with Crippen molar-refractivity contribution >= 4 is 12.4 Å². The quantitative estimate of drug-likeness (QED) is 0.651. The molecule has 1 aliphatic rings. The van der Waals surface area contributed by atoms with Gasteiger partial charge in [0, 0.05) is 0 Å². The fourth-order valence-electron chi connectivity index (χ4n) is 1.32. The van der Waals surface area contributed by atoms with E-state index in [1.165, 1.54) is 19.3 Å². The Morgan fingerprint density at radius 1 is 1.44 bits per heavy atom. The molecule has 0 saturated heterocycles. The third kappa shape index (κ3) is 2.55. The Labute approximate surface area is 63.4 Å². The van der Waals surface area contributed by atoms with Crippen molar-refractivity contribution in [3.05, 3.63) is 0 Å². The second kappa shape index (κ2) is 4.13. The molecule has 0 amide bonds. The predicted molar refractivity (Wildman–Crippen MR) is 42.8 cm³/mol. The van der Waals surface area contributed by atoms with Gasteiger partial charge < -0.3 is 5.73 Å². The average Bonchev–Trinajstić information content (AvgIpc) is 2.48. The van der Waals surface area contributed by atoms with Gasteiger partial charge in [-0.3, -0.25) is 0 Å². The van der Waals surface area contributed by atoms with Gasteiger partial charge in [-0.1, -0.05) is 19.8 Å². The Morgan fingerprint density at radius 2 is 2.11 bits per heavy atom. The maximum atomic E-state index is 5.45. The van der Waals surface area contributed by atoms with E-state index in [0.717, 1.165) is 18.4 Å². The van der Waals surface area contributed by atoms with Crippen molar-refractivity contribution in [2.75, 3.05) is 6.54 Å². The van der Waals surface area contributed by atoms with Crippen LogP contribution in [0.25, 0.3) is 0 Å². The number of rotatable bonds is 3. The van der Waals surface area contributed by atoms with Crippen LogP contribution in [0.2, 0.25) is 0 Å². The molecule has 0 bridgehead atoms. The van der Waals surface area contributed by atoms with Crippen molar-refractivity contribution in [2.45, 2.75) is 26.2 Å². The summed E-state index contributed by atoms with van der Waals surface area (Å²) >= 11 is 0. The summed E-state index contributed by atoms with van der Waals surface area (Å²) in [4.78, 5) is 0. The second-order valence-electron chi connectivity index (χ2n) is 2.78. The minimum absolute atomic E-state index is 0. The molecule has 0 radical (unpaired) electrons. The van der Waals surface area contributed by atoms with Crippen LogP contribution in [0.15, 0.2) is 0 Å². The van der Waals surface area contributed by atoms with Crippen molar-refractivity contribution in [3.63, 3.8) is 0 Å². The molecule has 0 aromatic carbocycles. The van der Waals surface area contributed by atoms with Crippen molar-refractivity contribution in [3.8, 4) is 0 Å². The van der Waals surface area contributed by atoms with Gasteiger partial charge in [-0.05, 0) is 24.8 Å². The van der Waals surface area contributed by atoms with Gasteiger partial charge in [0.2, 0.25) is 0 Å². The van der Waals surface area contributed by atoms with Gasteiger partial charge in [-0.25, -0.2) is 0 Å². The average molecular weight is 150 g/mol. The lowest BCUT2D eigenvalue weighted by molar-refractivity contribution is 0.638. The number of hydrogen-bond donors (Lipinski definition) is 1. The molecule has 1 rings (SSSR count). The molecule has 1 saturated carbocycles. The Bertz CT molecular complexity index is 75.3. The van der Waals surface area contributed by atoms with Crippen LogP contribution in [-0.2, 0) is 0 Å². The molecule has 0 heterocycles. The van der Waals surface area contributed by atoms with Gasteiger partial charge in [0.15, 0.2) is 0 Å². The van der Waals surface area contributed by atoms with Crippen molar-refractivity contribution in [2.24, 2.45) is 17.6 Å². The van der Waals surface area contributed by atoms with E-state index >= 15 is 0 Å². The third-order valence-corrected chi connectivity index (χ3v) is 2.03. The maximum Gasteiger partial charge on any atom is -0.00461 e. The number of hydrogen-bond acceptors (Lipinski definition) is 1. The first-order chi connectivity index (χ1) is 3.88. The lowest BCUT2D eigenvalue weighted by atomic mass is 10.2. The predicted octanol–water partition coefficient (Wildman–Crippen LogP) is 1.80. The SMILES string of the molecule is CCCC1CC1CN.Cl. The van der Waals surface area contributed by atoms with Crippen LogP contribution in [-0.4, -0.2) is 6.54 Å². The Kier molecular flexibility index (Phi) is 4.24. The highest BCUT2D eigenvalue weighted by molar-refractivity contribution is 5.85. The van der Waals surface area contributed by atoms with Crippen molar-refractivity contribution in [1.29, 1.82) is 0 Å². The van der Waals surface area contributed by atoms with E-state index in [9.17, 15) is 0 Å². The lowest BCUT2D eigenvalue weighted by Gasteiger charge is -1.90. The van der Waals surface area contributed by atoms with Crippen LogP contribution in [0.1, 0.15) is 26.2 Å². The van der Waals surface area contributed by atoms with E-state index in [2.05, 4.69) is 6.92 Å². The summed E-state index contributed by atoms with van der Waals surface area (Å²) in [6, 6.07) is 0. The van der Waals surface area contributed by atoms with E-state index in [1.54, 1.807) is 0 Å². The van der Waals surface area contributed by atoms with Crippen LogP contribution in [0, 0.1) is 11.8 Å². The first-order valence-electron chi connectivity index (χ1n) is 3.58. The normalized spacial score (nSPS) is 31.3. The zero-order chi connectivity index (χ0) is 5.98. The van der Waals surface area contributed by atoms with E-state index in [1.807, 2.05) is 0 Å². The first kappa shape index (κ1) is 9.25. The molecule has 0 aromatic heterocycles. The fourth-order valence-corrected chi connectivity index (χ4v) is 1.32. The van der Waals surface area contributed by atoms with Gasteiger partial charge in [-0.2, -0.15) is 0 Å². The van der Waals surface area contributed by atoms with Crippen molar-refractivity contribution < 1.29 is 0 Å². The number of nitrogens with two attached hydrogens (primary N) is 1. The lowest BCUT2D eigenvalue weighted by Crippen LogP contribution is -2.01. The standard InChI is InChI=1S/C7H15N.ClH/c1-2-3-6-4-7(6)5-8;/h6-7H,2-5,8H2,1H3;1H. The second-order valence-corrected chi connectivity index (χ2v) is 2.78. The topological polar surface area (TPSA) is 26.0 Å². The van der Waals surface area contributed by atoms with Gasteiger partial charge in [-0.15, -0.1) is 12.4 Å². The molecule has 1 nitrogen and oxygen atoms in total. The summed E-state index contributed by atoms with van der Waals surface area (Å²) in [6.45, 7) is 3.16. The summed E-state index contributed by atoms with van der Waals surface area (Å²) in [5.41, 5.74) is 5.45. The van der Waals surface area contributed by atoms with Crippen LogP contribution in [0.5, 0.6) is 0 Å². The molecular weight excluding hydrogens is 134 g/mol. The van der Waals surface area contributed by atoms with Crippen LogP contribution in [0.4, 0.5) is 0 Å². The van der Waals surface area contributed by atoms with Gasteiger partial charge in [0.1, 0.15) is 0 Å². The van der Waals surface area contributed by atoms with Crippen LogP contribution >= 0.6 is 12.4 Å². The van der Waals surface area contributed by atoms with E-state index < -0.39 is 0 Å². The van der Waals surface area contributed by atoms with Gasteiger partial charge >= 0.3 is 0 Å². The Morgan fingerprint density at radius 3 is 2.44 bits per heavy atom. The molecule has 0 spiro atoms. The highest BCUT2D eigenvalue weighted by atomic mass is 35.5. The van der Waals surface area contributed by atoms with Gasteiger partial charge in [0.05, 0.1) is 0 Å². The molecular formula is C7H16ClN. The molecule has 2 N–H and O–H groups in total. The monoisotopic (exact) mass is 149 g/mol. The largest absolute Gasteiger partial charge is 0.330 e. The molecule has 9 heavy (non-hydrogen) atoms. The molecule has 2 unspecified atom stereocenters. The van der Waals surface area contributed by atoms with E-state index in [-0.39, 0.29) is 12.4 Å². The van der Waals surface area contributed by atoms with Gasteiger partial charge in [0.25, 0.3) is 0 Å². The first-order valence-corrected chi connectivity index (χ1v) is 3.58. The molecule has 1 aliphatic carbocycles. The molecule has 1 fully saturated rings. The molecule has 0 aliphatic heterocycles. The summed E-state index contributed by atoms with van der Waals surface area (Å²) in [6.07, 6.45) is 4.15. The fraction of sp³-hybridized carbons (Fsp3) is 1.00. The third-order valence-electron chi connectivity index (χ3n) is 2.03. The minimum Gasteiger partial charge on any atom is -0.330 e. The summed E-state index contributed by atoms with van der Waals surface area (Å²) < 4.78 is 0. The summed E-state index contributed by atoms with van der Waals surface area (Å²) in [5, 5.41) is 0. The zero-order valence-corrected chi connectivity index (χ0v) is 6.79. The Hall–Kier alpha value is 0.250. The highest BCUT2D eigenvalue weighted by Crippen LogP contribution is 2.40. The highest BCUT2D eigenvalue weighted by Gasteiger charge is 2.33. The summed E-state index contributed by atoms with van der Waals surface area (Å²) in [5.74, 6) is 1.90. The van der Waals surface area contributed by atoms with E-state index in [4.69, 9.17) is 5.73 Å². The molecule has 0 aromatic rings. The van der Waals surface area contributed by atoms with Crippen LogP contribution < -0.4 is 5.73 Å². The zero-order valence-electron chi connectivity index (χ0n) is 5.97. The molecule has 56 valence electrons. The Balaban J connectivity index is 0.000000640. The van der Waals surface area contributed by atoms with Crippen molar-refractivity contribution in [1.82, 2.24) is 0 Å². The van der Waals surface area contributed by atoms with E-state index in [0.29, 0.717) is 0 Å². The molecule has 2 heteroatoms. The maximum absolute atomic E-state index is 5.45.